The predicted molar refractivity (Wildman–Crippen MR) is 122 cm³/mol. The third-order valence-corrected chi connectivity index (χ3v) is 6.16. The summed E-state index contributed by atoms with van der Waals surface area (Å²) in [7, 11) is 2.02. The number of aromatic nitrogens is 1. The van der Waals surface area contributed by atoms with Gasteiger partial charge in [0.05, 0.1) is 31.0 Å². The molecule has 1 aromatic carbocycles. The van der Waals surface area contributed by atoms with Gasteiger partial charge in [0.2, 0.25) is 0 Å². The zero-order chi connectivity index (χ0) is 21.2. The number of β-amino-alcohol motifs (C(OH)–C–C–N with tert-alkyl or cyclic N) is 1. The Labute approximate surface area is 182 Å². The van der Waals surface area contributed by atoms with E-state index >= 15 is 0 Å². The molecule has 2 aromatic rings. The molecule has 31 heavy (non-hydrogen) atoms. The molecule has 1 aromatic heterocycles. The second-order valence-electron chi connectivity index (χ2n) is 8.57. The van der Waals surface area contributed by atoms with Gasteiger partial charge in [0.25, 0.3) is 0 Å². The van der Waals surface area contributed by atoms with Crippen LogP contribution in [0, 0.1) is 0 Å². The van der Waals surface area contributed by atoms with Gasteiger partial charge >= 0.3 is 0 Å². The topological polar surface area (TPSA) is 85.2 Å². The standard InChI is InChI=1S/C23H30N6O2/c1-28-15-26-22(20-6-8-24-23(21(20)28)27-18-13-31-14-18)25-10-19(30)12-29-9-7-16-4-2-3-5-17(16)11-29/h2-6,8,18-19,30H,7,9-15H2,1H3,(H,24,27)(H,25,26)/t19-/m1/s1. The Morgan fingerprint density at radius 1 is 1.23 bits per heavy atom. The van der Waals surface area contributed by atoms with E-state index in [-0.39, 0.29) is 0 Å². The summed E-state index contributed by atoms with van der Waals surface area (Å²) in [6.07, 6.45) is 2.37. The number of anilines is 2. The minimum Gasteiger partial charge on any atom is -0.390 e. The number of pyridine rings is 1. The van der Waals surface area contributed by atoms with Crippen LogP contribution in [0.4, 0.5) is 11.5 Å². The molecule has 164 valence electrons. The van der Waals surface area contributed by atoms with Gasteiger partial charge in [-0.15, -0.1) is 0 Å². The maximum atomic E-state index is 10.7. The lowest BCUT2D eigenvalue weighted by Gasteiger charge is -2.33. The van der Waals surface area contributed by atoms with E-state index < -0.39 is 6.10 Å². The molecule has 0 radical (unpaired) electrons. The van der Waals surface area contributed by atoms with Crippen molar-refractivity contribution < 1.29 is 9.84 Å². The Hall–Kier alpha value is -2.68. The summed E-state index contributed by atoms with van der Waals surface area (Å²) in [5.41, 5.74) is 4.83. The van der Waals surface area contributed by atoms with Gasteiger partial charge in [-0.2, -0.15) is 0 Å². The van der Waals surface area contributed by atoms with Crippen LogP contribution >= 0.6 is 0 Å². The quantitative estimate of drug-likeness (QED) is 0.642. The Bertz CT molecular complexity index is 961. The summed E-state index contributed by atoms with van der Waals surface area (Å²) < 4.78 is 5.27. The number of hydrogen-bond donors (Lipinski definition) is 3. The van der Waals surface area contributed by atoms with E-state index in [1.54, 1.807) is 6.20 Å². The molecule has 3 aliphatic rings. The molecule has 0 saturated carbocycles. The summed E-state index contributed by atoms with van der Waals surface area (Å²) >= 11 is 0. The third-order valence-electron chi connectivity index (χ3n) is 6.16. The lowest BCUT2D eigenvalue weighted by molar-refractivity contribution is 0.0209. The van der Waals surface area contributed by atoms with Gasteiger partial charge in [-0.05, 0) is 23.6 Å². The normalized spacial score (nSPS) is 19.7. The van der Waals surface area contributed by atoms with E-state index in [1.807, 2.05) is 13.1 Å². The van der Waals surface area contributed by atoms with Crippen molar-refractivity contribution in [3.05, 3.63) is 53.2 Å². The number of amidine groups is 1. The minimum atomic E-state index is -0.470. The largest absolute Gasteiger partial charge is 0.390 e. The van der Waals surface area contributed by atoms with Crippen LogP contribution in [0.2, 0.25) is 0 Å². The molecule has 3 N–H and O–H groups in total. The fourth-order valence-corrected chi connectivity index (χ4v) is 4.42. The highest BCUT2D eigenvalue weighted by atomic mass is 16.5. The average molecular weight is 423 g/mol. The second-order valence-corrected chi connectivity index (χ2v) is 8.57. The fraction of sp³-hybridized carbons (Fsp3) is 0.478. The van der Waals surface area contributed by atoms with Crippen LogP contribution in [0.3, 0.4) is 0 Å². The van der Waals surface area contributed by atoms with Gasteiger partial charge in [0.15, 0.2) is 5.82 Å². The number of aliphatic imine (C=N–C) groups is 1. The van der Waals surface area contributed by atoms with Crippen molar-refractivity contribution in [2.24, 2.45) is 4.99 Å². The van der Waals surface area contributed by atoms with Crippen molar-refractivity contribution in [2.45, 2.75) is 25.1 Å². The number of aliphatic hydroxyl groups is 1. The van der Waals surface area contributed by atoms with Gasteiger partial charge in [-0.25, -0.2) is 9.98 Å². The van der Waals surface area contributed by atoms with E-state index in [1.165, 1.54) is 11.1 Å². The van der Waals surface area contributed by atoms with Gasteiger partial charge in [0, 0.05) is 45.0 Å². The van der Waals surface area contributed by atoms with E-state index in [9.17, 15) is 5.11 Å². The molecule has 0 amide bonds. The molecule has 0 unspecified atom stereocenters. The first-order chi connectivity index (χ1) is 15.2. The van der Waals surface area contributed by atoms with E-state index in [2.05, 4.69) is 54.7 Å². The highest BCUT2D eigenvalue weighted by molar-refractivity contribution is 6.06. The van der Waals surface area contributed by atoms with Crippen molar-refractivity contribution in [1.82, 2.24) is 15.2 Å². The van der Waals surface area contributed by atoms with Crippen LogP contribution in [-0.2, 0) is 17.7 Å². The molecule has 4 heterocycles. The van der Waals surface area contributed by atoms with E-state index in [0.717, 1.165) is 42.4 Å². The summed E-state index contributed by atoms with van der Waals surface area (Å²) in [5.74, 6) is 1.67. The van der Waals surface area contributed by atoms with E-state index in [4.69, 9.17) is 4.74 Å². The highest BCUT2D eigenvalue weighted by Gasteiger charge is 2.26. The Morgan fingerprint density at radius 3 is 2.87 bits per heavy atom. The molecule has 5 rings (SSSR count). The fourth-order valence-electron chi connectivity index (χ4n) is 4.42. The van der Waals surface area contributed by atoms with Crippen molar-refractivity contribution in [2.75, 3.05) is 56.8 Å². The summed E-state index contributed by atoms with van der Waals surface area (Å²) in [4.78, 5) is 13.6. The molecular formula is C23H30N6O2. The van der Waals surface area contributed by atoms with Crippen molar-refractivity contribution in [3.8, 4) is 0 Å². The summed E-state index contributed by atoms with van der Waals surface area (Å²) in [6, 6.07) is 10.9. The Kier molecular flexibility index (Phi) is 5.76. The highest BCUT2D eigenvalue weighted by Crippen LogP contribution is 2.31. The Balaban J connectivity index is 1.21. The first-order valence-corrected chi connectivity index (χ1v) is 11.0. The number of fused-ring (bicyclic) bond motifs is 2. The Morgan fingerprint density at radius 2 is 2.06 bits per heavy atom. The smallest absolute Gasteiger partial charge is 0.150 e. The van der Waals surface area contributed by atoms with Crippen LogP contribution in [0.25, 0.3) is 0 Å². The minimum absolute atomic E-state index is 0.305. The third kappa shape index (κ3) is 4.37. The maximum Gasteiger partial charge on any atom is 0.150 e. The molecule has 0 bridgehead atoms. The predicted octanol–water partition coefficient (Wildman–Crippen LogP) is 1.06. The SMILES string of the molecule is CN1CN=C(NC[C@@H](O)CN2CCc3ccccc3C2)c2ccnc(NC3COC3)c21. The number of benzene rings is 1. The summed E-state index contributed by atoms with van der Waals surface area (Å²) in [5, 5.41) is 17.5. The summed E-state index contributed by atoms with van der Waals surface area (Å²) in [6.45, 7) is 4.95. The van der Waals surface area contributed by atoms with Crippen LogP contribution in [0.5, 0.6) is 0 Å². The zero-order valence-electron chi connectivity index (χ0n) is 17.9. The van der Waals surface area contributed by atoms with Gasteiger partial charge < -0.3 is 25.4 Å². The number of rotatable bonds is 6. The van der Waals surface area contributed by atoms with Crippen LogP contribution in [0.15, 0.2) is 41.5 Å². The van der Waals surface area contributed by atoms with Crippen molar-refractivity contribution in [1.29, 1.82) is 0 Å². The average Bonchev–Trinajstić information content (AvgIpc) is 2.76. The van der Waals surface area contributed by atoms with Gasteiger partial charge in [-0.1, -0.05) is 24.3 Å². The number of nitrogens with one attached hydrogen (secondary N) is 2. The first-order valence-electron chi connectivity index (χ1n) is 11.0. The van der Waals surface area contributed by atoms with Crippen LogP contribution in [-0.4, -0.2) is 79.5 Å². The molecular weight excluding hydrogens is 392 g/mol. The van der Waals surface area contributed by atoms with Crippen LogP contribution < -0.4 is 15.5 Å². The monoisotopic (exact) mass is 422 g/mol. The van der Waals surface area contributed by atoms with Gasteiger partial charge in [-0.3, -0.25) is 4.90 Å². The molecule has 1 fully saturated rings. The van der Waals surface area contributed by atoms with Crippen molar-refractivity contribution in [3.63, 3.8) is 0 Å². The van der Waals surface area contributed by atoms with E-state index in [0.29, 0.717) is 39.0 Å². The first kappa shape index (κ1) is 20.2. The number of hydrogen-bond acceptors (Lipinski definition) is 8. The number of ether oxygens (including phenoxy) is 1. The van der Waals surface area contributed by atoms with Gasteiger partial charge in [0.1, 0.15) is 12.5 Å². The van der Waals surface area contributed by atoms with Crippen molar-refractivity contribution >= 4 is 17.3 Å². The number of nitrogens with zero attached hydrogens (tertiary/aromatic N) is 4. The molecule has 8 nitrogen and oxygen atoms in total. The molecule has 8 heteroatoms. The van der Waals surface area contributed by atoms with Crippen LogP contribution in [0.1, 0.15) is 16.7 Å². The maximum absolute atomic E-state index is 10.7. The lowest BCUT2D eigenvalue weighted by atomic mass is 10.00. The second kappa shape index (κ2) is 8.82. The number of aliphatic hydroxyl groups excluding tert-OH is 1. The molecule has 1 saturated heterocycles. The lowest BCUT2D eigenvalue weighted by Crippen LogP contribution is -2.44. The molecule has 0 spiro atoms. The molecule has 1 atom stereocenters. The zero-order valence-corrected chi connectivity index (χ0v) is 17.9. The molecule has 3 aliphatic heterocycles. The molecule has 0 aliphatic carbocycles.